The fourth-order valence-electron chi connectivity index (χ4n) is 3.34. The highest BCUT2D eigenvalue weighted by molar-refractivity contribution is 8.00. The van der Waals surface area contributed by atoms with Crippen molar-refractivity contribution in [2.24, 2.45) is 0 Å². The number of carbonyl (C=O) groups is 1. The lowest BCUT2D eigenvalue weighted by Gasteiger charge is -2.19. The molecule has 4 rings (SSSR count). The van der Waals surface area contributed by atoms with E-state index in [4.69, 9.17) is 9.47 Å². The molecule has 10 heteroatoms. The molecule has 2 aromatic carbocycles. The van der Waals surface area contributed by atoms with Crippen LogP contribution in [0.3, 0.4) is 0 Å². The number of hydrogen-bond acceptors (Lipinski definition) is 7. The van der Waals surface area contributed by atoms with Crippen LogP contribution < -0.4 is 14.8 Å². The van der Waals surface area contributed by atoms with Crippen LogP contribution in [0.5, 0.6) is 11.5 Å². The highest BCUT2D eigenvalue weighted by Gasteiger charge is 2.21. The third-order valence-electron chi connectivity index (χ3n) is 4.95. The topological polar surface area (TPSA) is 109 Å². The molecule has 0 bridgehead atoms. The summed E-state index contributed by atoms with van der Waals surface area (Å²) >= 11 is 1.33. The molecule has 1 aliphatic rings. The van der Waals surface area contributed by atoms with Gasteiger partial charge in [0.2, 0.25) is 5.91 Å². The first kappa shape index (κ1) is 21.7. The monoisotopic (exact) mass is 454 g/mol. The number of nitro benzene ring substituents is 1. The summed E-state index contributed by atoms with van der Waals surface area (Å²) in [4.78, 5) is 27.6. The largest absolute Gasteiger partial charge is 0.486 e. The van der Waals surface area contributed by atoms with Gasteiger partial charge < -0.3 is 19.4 Å². The third kappa shape index (κ3) is 4.54. The van der Waals surface area contributed by atoms with E-state index in [1.165, 1.54) is 30.0 Å². The van der Waals surface area contributed by atoms with Gasteiger partial charge >= 0.3 is 0 Å². The van der Waals surface area contributed by atoms with E-state index in [0.29, 0.717) is 36.4 Å². The van der Waals surface area contributed by atoms with Gasteiger partial charge in [-0.05, 0) is 38.1 Å². The second kappa shape index (κ2) is 9.31. The summed E-state index contributed by atoms with van der Waals surface area (Å²) in [6.45, 7) is 5.51. The summed E-state index contributed by atoms with van der Waals surface area (Å²) in [6, 6.07) is 11.7. The molecule has 0 radical (unpaired) electrons. The lowest BCUT2D eigenvalue weighted by molar-refractivity contribution is -0.384. The molecule has 3 aromatic rings. The average molecular weight is 455 g/mol. The number of anilines is 1. The Morgan fingerprint density at radius 2 is 2.03 bits per heavy atom. The van der Waals surface area contributed by atoms with E-state index in [-0.39, 0.29) is 11.6 Å². The van der Waals surface area contributed by atoms with Crippen molar-refractivity contribution in [1.82, 2.24) is 9.55 Å². The Hall–Kier alpha value is -3.53. The molecule has 32 heavy (non-hydrogen) atoms. The van der Waals surface area contributed by atoms with Gasteiger partial charge in [0.1, 0.15) is 13.2 Å². The van der Waals surface area contributed by atoms with E-state index >= 15 is 0 Å². The van der Waals surface area contributed by atoms with Gasteiger partial charge in [-0.2, -0.15) is 0 Å². The second-order valence-electron chi connectivity index (χ2n) is 7.09. The Morgan fingerprint density at radius 3 is 2.78 bits per heavy atom. The summed E-state index contributed by atoms with van der Waals surface area (Å²) in [7, 11) is 0. The predicted molar refractivity (Wildman–Crippen MR) is 121 cm³/mol. The lowest BCUT2D eigenvalue weighted by Crippen LogP contribution is -2.23. The van der Waals surface area contributed by atoms with Crippen molar-refractivity contribution in [3.63, 3.8) is 0 Å². The maximum Gasteiger partial charge on any atom is 0.271 e. The van der Waals surface area contributed by atoms with Crippen molar-refractivity contribution in [2.75, 3.05) is 18.5 Å². The number of imidazole rings is 1. The van der Waals surface area contributed by atoms with E-state index in [0.717, 1.165) is 17.0 Å². The molecule has 0 saturated carbocycles. The molecule has 0 spiro atoms. The summed E-state index contributed by atoms with van der Waals surface area (Å²) in [5.41, 5.74) is 2.17. The molecule has 0 aliphatic carbocycles. The smallest absolute Gasteiger partial charge is 0.271 e. The lowest BCUT2D eigenvalue weighted by atomic mass is 10.1. The van der Waals surface area contributed by atoms with Crippen LogP contribution in [0.4, 0.5) is 11.4 Å². The zero-order chi connectivity index (χ0) is 22.7. The number of nitro groups is 1. The van der Waals surface area contributed by atoms with E-state index in [1.807, 2.05) is 29.7 Å². The first-order chi connectivity index (χ1) is 15.5. The van der Waals surface area contributed by atoms with Crippen LogP contribution in [0.2, 0.25) is 0 Å². The molecule has 1 N–H and O–H groups in total. The summed E-state index contributed by atoms with van der Waals surface area (Å²) < 4.78 is 13.3. The fourth-order valence-corrected chi connectivity index (χ4v) is 4.29. The zero-order valence-electron chi connectivity index (χ0n) is 17.6. The van der Waals surface area contributed by atoms with Crippen LogP contribution >= 0.6 is 11.8 Å². The number of ether oxygens (including phenoxy) is 2. The van der Waals surface area contributed by atoms with Crippen molar-refractivity contribution in [1.29, 1.82) is 0 Å². The Morgan fingerprint density at radius 1 is 1.25 bits per heavy atom. The van der Waals surface area contributed by atoms with Gasteiger partial charge in [0.15, 0.2) is 16.7 Å². The first-order valence-electron chi connectivity index (χ1n) is 10.1. The first-order valence-corrected chi connectivity index (χ1v) is 11.0. The van der Waals surface area contributed by atoms with Gasteiger partial charge in [-0.25, -0.2) is 4.98 Å². The number of non-ortho nitro benzene ring substituents is 1. The third-order valence-corrected chi connectivity index (χ3v) is 6.05. The Kier molecular flexibility index (Phi) is 6.31. The Labute approximate surface area is 188 Å². The number of hydrogen-bond donors (Lipinski definition) is 1. The quantitative estimate of drug-likeness (QED) is 0.321. The number of rotatable bonds is 7. The molecule has 0 fully saturated rings. The standard InChI is InChI=1S/C22H22N4O5S/c1-3-25-18(15-7-8-19-20(11-15)31-10-9-30-19)13-23-22(25)32-14(2)21(27)24-16-5-4-6-17(12-16)26(28)29/h4-8,11-14H,3,9-10H2,1-2H3,(H,24,27). The predicted octanol–water partition coefficient (Wildman–Crippen LogP) is 4.37. The van der Waals surface area contributed by atoms with Gasteiger partial charge in [-0.1, -0.05) is 17.8 Å². The summed E-state index contributed by atoms with van der Waals surface area (Å²) in [6.07, 6.45) is 1.78. The van der Waals surface area contributed by atoms with Gasteiger partial charge in [-0.3, -0.25) is 14.9 Å². The van der Waals surface area contributed by atoms with Crippen LogP contribution in [-0.2, 0) is 11.3 Å². The molecule has 9 nitrogen and oxygen atoms in total. The molecule has 2 heterocycles. The van der Waals surface area contributed by atoms with Crippen molar-refractivity contribution in [3.05, 3.63) is 58.8 Å². The minimum absolute atomic E-state index is 0.0753. The average Bonchev–Trinajstić information content (AvgIpc) is 3.21. The normalized spacial score (nSPS) is 13.4. The minimum atomic E-state index is -0.495. The van der Waals surface area contributed by atoms with Gasteiger partial charge in [0, 0.05) is 29.9 Å². The maximum absolute atomic E-state index is 12.7. The molecular formula is C22H22N4O5S. The van der Waals surface area contributed by atoms with E-state index in [1.54, 1.807) is 19.2 Å². The number of fused-ring (bicyclic) bond motifs is 1. The van der Waals surface area contributed by atoms with Crippen LogP contribution in [-0.4, -0.2) is 38.8 Å². The minimum Gasteiger partial charge on any atom is -0.486 e. The maximum atomic E-state index is 12.7. The molecule has 166 valence electrons. The highest BCUT2D eigenvalue weighted by Crippen LogP contribution is 2.36. The van der Waals surface area contributed by atoms with Crippen molar-refractivity contribution < 1.29 is 19.2 Å². The second-order valence-corrected chi connectivity index (χ2v) is 8.39. The van der Waals surface area contributed by atoms with Gasteiger partial charge in [0.05, 0.1) is 22.1 Å². The van der Waals surface area contributed by atoms with E-state index in [2.05, 4.69) is 10.3 Å². The number of aromatic nitrogens is 2. The van der Waals surface area contributed by atoms with Crippen molar-refractivity contribution in [2.45, 2.75) is 30.8 Å². The summed E-state index contributed by atoms with van der Waals surface area (Å²) in [5, 5.41) is 13.9. The molecule has 1 aliphatic heterocycles. The van der Waals surface area contributed by atoms with Crippen LogP contribution in [0.15, 0.2) is 53.8 Å². The number of benzene rings is 2. The number of carbonyl (C=O) groups excluding carboxylic acids is 1. The summed E-state index contributed by atoms with van der Waals surface area (Å²) in [5.74, 6) is 1.17. The molecule has 1 amide bonds. The zero-order valence-corrected chi connectivity index (χ0v) is 18.4. The van der Waals surface area contributed by atoms with E-state index in [9.17, 15) is 14.9 Å². The van der Waals surface area contributed by atoms with Gasteiger partial charge in [-0.15, -0.1) is 0 Å². The number of thioether (sulfide) groups is 1. The van der Waals surface area contributed by atoms with Gasteiger partial charge in [0.25, 0.3) is 5.69 Å². The van der Waals surface area contributed by atoms with Crippen molar-refractivity contribution in [3.8, 4) is 22.8 Å². The van der Waals surface area contributed by atoms with Crippen molar-refractivity contribution >= 4 is 29.0 Å². The van der Waals surface area contributed by atoms with E-state index < -0.39 is 10.2 Å². The number of nitrogens with one attached hydrogen (secondary N) is 1. The molecule has 1 aromatic heterocycles. The Balaban J connectivity index is 1.50. The molecule has 1 atom stereocenters. The number of nitrogens with zero attached hydrogens (tertiary/aromatic N) is 3. The fraction of sp³-hybridized carbons (Fsp3) is 0.273. The van der Waals surface area contributed by atoms with Crippen LogP contribution in [0, 0.1) is 10.1 Å². The SMILES string of the molecule is CCn1c(-c2ccc3c(c2)OCCO3)cnc1SC(C)C(=O)Nc1cccc([N+](=O)[O-])c1. The number of amides is 1. The van der Waals surface area contributed by atoms with Crippen LogP contribution in [0.25, 0.3) is 11.3 Å². The molecule has 0 saturated heterocycles. The highest BCUT2D eigenvalue weighted by atomic mass is 32.2. The molecule has 1 unspecified atom stereocenters. The Bertz CT molecular complexity index is 1160. The molecular weight excluding hydrogens is 432 g/mol. The van der Waals surface area contributed by atoms with Crippen LogP contribution in [0.1, 0.15) is 13.8 Å².